The second-order valence-corrected chi connectivity index (χ2v) is 8.69. The Labute approximate surface area is 210 Å². The molecule has 1 N–H and O–H groups in total. The zero-order valence-electron chi connectivity index (χ0n) is 20.6. The number of pyridine rings is 1. The fourth-order valence-corrected chi connectivity index (χ4v) is 3.61. The number of aromatic nitrogens is 1. The number of hydrogen-bond acceptors (Lipinski definition) is 3. The van der Waals surface area contributed by atoms with Gasteiger partial charge in [0.05, 0.1) is 5.56 Å². The Kier molecular flexibility index (Phi) is 12.0. The molecule has 5 nitrogen and oxygen atoms in total. The Morgan fingerprint density at radius 2 is 1.50 bits per heavy atom. The molecule has 0 spiro atoms. The van der Waals surface area contributed by atoms with Gasteiger partial charge in [0, 0.05) is 37.8 Å². The number of hydrogen-bond donors (Lipinski definition) is 1. The van der Waals surface area contributed by atoms with Crippen LogP contribution in [0.25, 0.3) is 0 Å². The van der Waals surface area contributed by atoms with Gasteiger partial charge in [-0.3, -0.25) is 9.78 Å². The van der Waals surface area contributed by atoms with Crippen LogP contribution in [0.1, 0.15) is 80.7 Å². The maximum absolute atomic E-state index is 12.8. The fourth-order valence-electron chi connectivity index (χ4n) is 3.61. The second kappa shape index (κ2) is 14.9. The van der Waals surface area contributed by atoms with E-state index in [2.05, 4.69) is 23.7 Å². The molecule has 0 bridgehead atoms. The highest BCUT2D eigenvalue weighted by Gasteiger charge is 2.30. The van der Waals surface area contributed by atoms with E-state index in [1.54, 1.807) is 12.3 Å². The van der Waals surface area contributed by atoms with Crippen LogP contribution in [0, 0.1) is 11.8 Å². The predicted octanol–water partition coefficient (Wildman–Crippen LogP) is 6.40. The van der Waals surface area contributed by atoms with Crippen molar-refractivity contribution in [3.05, 3.63) is 65.0 Å². The lowest BCUT2D eigenvalue weighted by Crippen LogP contribution is -2.35. The highest BCUT2D eigenvalue weighted by Crippen LogP contribution is 2.29. The van der Waals surface area contributed by atoms with Gasteiger partial charge in [0.25, 0.3) is 0 Å². The number of benzene rings is 1. The van der Waals surface area contributed by atoms with E-state index in [1.807, 2.05) is 6.07 Å². The predicted molar refractivity (Wildman–Crippen MR) is 132 cm³/mol. The van der Waals surface area contributed by atoms with Crippen molar-refractivity contribution in [2.24, 2.45) is 0 Å². The number of aliphatic carboxylic acids is 1. The van der Waals surface area contributed by atoms with Gasteiger partial charge in [-0.2, -0.15) is 13.2 Å². The number of carbonyl (C=O) groups is 2. The van der Waals surface area contributed by atoms with Crippen molar-refractivity contribution in [3.8, 4) is 11.8 Å². The van der Waals surface area contributed by atoms with Crippen LogP contribution in [0.2, 0.25) is 0 Å². The number of unbranched alkanes of at least 4 members (excludes halogenated alkanes) is 6. The molecule has 36 heavy (non-hydrogen) atoms. The summed E-state index contributed by atoms with van der Waals surface area (Å²) in [5, 5.41) is 9.16. The zero-order chi connectivity index (χ0) is 26.4. The summed E-state index contributed by atoms with van der Waals surface area (Å²) in [4.78, 5) is 28.9. The lowest BCUT2D eigenvalue weighted by molar-refractivity contribution is -0.156. The minimum Gasteiger partial charge on any atom is -0.474 e. The van der Waals surface area contributed by atoms with Gasteiger partial charge in [0.15, 0.2) is 0 Å². The van der Waals surface area contributed by atoms with Crippen molar-refractivity contribution >= 4 is 11.9 Å². The van der Waals surface area contributed by atoms with Crippen LogP contribution < -0.4 is 0 Å². The largest absolute Gasteiger partial charge is 0.474 e. The molecule has 194 valence electrons. The third-order valence-electron chi connectivity index (χ3n) is 5.65. The molecular formula is C28H33F3N2O3. The number of halogens is 3. The summed E-state index contributed by atoms with van der Waals surface area (Å²) in [5.41, 5.74) is 1.13. The van der Waals surface area contributed by atoms with Crippen molar-refractivity contribution in [3.63, 3.8) is 0 Å². The molecule has 1 aromatic carbocycles. The van der Waals surface area contributed by atoms with Crippen molar-refractivity contribution in [1.82, 2.24) is 9.88 Å². The molecule has 0 saturated carbocycles. The molecule has 0 aliphatic rings. The summed E-state index contributed by atoms with van der Waals surface area (Å²) in [7, 11) is 0. The van der Waals surface area contributed by atoms with E-state index in [1.165, 1.54) is 31.4 Å². The smallest absolute Gasteiger partial charge is 0.416 e. The van der Waals surface area contributed by atoms with E-state index in [9.17, 15) is 22.8 Å². The van der Waals surface area contributed by atoms with Crippen molar-refractivity contribution in [2.45, 2.75) is 84.0 Å². The summed E-state index contributed by atoms with van der Waals surface area (Å²) in [6.07, 6.45) is 6.53. The minimum absolute atomic E-state index is 0.0175. The van der Waals surface area contributed by atoms with Crippen LogP contribution in [-0.2, 0) is 35.3 Å². The second-order valence-electron chi connectivity index (χ2n) is 8.69. The van der Waals surface area contributed by atoms with Crippen LogP contribution in [-0.4, -0.2) is 26.9 Å². The van der Waals surface area contributed by atoms with Gasteiger partial charge in [0.1, 0.15) is 0 Å². The summed E-state index contributed by atoms with van der Waals surface area (Å²) in [5.74, 6) is 3.68. The molecule has 1 aromatic heterocycles. The normalized spacial score (nSPS) is 11.0. The minimum atomic E-state index is -4.47. The van der Waals surface area contributed by atoms with E-state index in [-0.39, 0.29) is 13.1 Å². The highest BCUT2D eigenvalue weighted by molar-refractivity contribution is 6.31. The van der Waals surface area contributed by atoms with E-state index in [4.69, 9.17) is 5.11 Å². The van der Waals surface area contributed by atoms with Gasteiger partial charge in [-0.25, -0.2) is 4.79 Å². The molecule has 2 rings (SSSR count). The van der Waals surface area contributed by atoms with Gasteiger partial charge >= 0.3 is 18.1 Å². The topological polar surface area (TPSA) is 70.5 Å². The Morgan fingerprint density at radius 1 is 0.889 bits per heavy atom. The molecule has 0 aliphatic heterocycles. The maximum atomic E-state index is 12.8. The third-order valence-corrected chi connectivity index (χ3v) is 5.65. The first kappa shape index (κ1) is 28.9. The maximum Gasteiger partial charge on any atom is 0.416 e. The Morgan fingerprint density at radius 3 is 2.06 bits per heavy atom. The number of nitrogens with zero attached hydrogens (tertiary/aromatic N) is 2. The van der Waals surface area contributed by atoms with E-state index in [0.29, 0.717) is 11.1 Å². The quantitative estimate of drug-likeness (QED) is 0.207. The van der Waals surface area contributed by atoms with Crippen LogP contribution in [0.3, 0.4) is 0 Å². The van der Waals surface area contributed by atoms with Gasteiger partial charge in [-0.05, 0) is 55.0 Å². The molecule has 1 heterocycles. The number of alkyl halides is 3. The molecule has 0 unspecified atom stereocenters. The molecular weight excluding hydrogens is 469 g/mol. The first-order valence-electron chi connectivity index (χ1n) is 12.3. The zero-order valence-corrected chi connectivity index (χ0v) is 20.6. The van der Waals surface area contributed by atoms with Crippen molar-refractivity contribution < 1.29 is 27.9 Å². The standard InChI is InChI=1S/C28H33F3N2O3/c1-2-3-4-5-6-7-8-9-10-11-12-25-18-15-23(19-32-25)21-33(26(34)27(35)36)20-22-13-16-24(17-14-22)28(29,30)31/h13-19H,2-5,8-12,20-21H2,1H3,(H,35,36). The summed E-state index contributed by atoms with van der Waals surface area (Å²) in [6.45, 7) is 2.03. The van der Waals surface area contributed by atoms with Crippen LogP contribution >= 0.6 is 0 Å². The Bertz CT molecular complexity index is 1020. The molecule has 8 heteroatoms. The SMILES string of the molecule is CCCCCC#CCCCCCc1ccc(CN(Cc2ccc(C(F)(F)F)cc2)C(=O)C(=O)O)cn1. The van der Waals surface area contributed by atoms with E-state index in [0.717, 1.165) is 61.3 Å². The van der Waals surface area contributed by atoms with E-state index < -0.39 is 23.6 Å². The molecule has 0 aliphatic carbocycles. The van der Waals surface area contributed by atoms with Gasteiger partial charge in [-0.1, -0.05) is 44.4 Å². The molecule has 1 amide bonds. The first-order valence-corrected chi connectivity index (χ1v) is 12.3. The first-order chi connectivity index (χ1) is 17.2. The van der Waals surface area contributed by atoms with Crippen molar-refractivity contribution in [2.75, 3.05) is 0 Å². The average molecular weight is 503 g/mol. The number of carbonyl (C=O) groups excluding carboxylic acids is 1. The fraction of sp³-hybridized carbons (Fsp3) is 0.464. The van der Waals surface area contributed by atoms with Crippen LogP contribution in [0.5, 0.6) is 0 Å². The monoisotopic (exact) mass is 502 g/mol. The number of rotatable bonds is 12. The molecule has 0 fully saturated rings. The number of carboxylic acids is 1. The van der Waals surface area contributed by atoms with Gasteiger partial charge in [-0.15, -0.1) is 11.8 Å². The molecule has 0 atom stereocenters. The highest BCUT2D eigenvalue weighted by atomic mass is 19.4. The van der Waals surface area contributed by atoms with Gasteiger partial charge in [0.2, 0.25) is 0 Å². The summed E-state index contributed by atoms with van der Waals surface area (Å²) >= 11 is 0. The lowest BCUT2D eigenvalue weighted by atomic mass is 10.1. The van der Waals surface area contributed by atoms with Crippen molar-refractivity contribution in [1.29, 1.82) is 0 Å². The average Bonchev–Trinajstić information content (AvgIpc) is 2.85. The molecule has 0 radical (unpaired) electrons. The van der Waals surface area contributed by atoms with Gasteiger partial charge < -0.3 is 10.0 Å². The third kappa shape index (κ3) is 10.5. The number of carboxylic acid groups (broad SMARTS) is 1. The van der Waals surface area contributed by atoms with E-state index >= 15 is 0 Å². The summed E-state index contributed by atoms with van der Waals surface area (Å²) < 4.78 is 38.3. The summed E-state index contributed by atoms with van der Waals surface area (Å²) in [6, 6.07) is 7.95. The molecule has 0 saturated heterocycles. The lowest BCUT2D eigenvalue weighted by Gasteiger charge is -2.21. The van der Waals surface area contributed by atoms with Crippen LogP contribution in [0.4, 0.5) is 13.2 Å². The number of aryl methyl sites for hydroxylation is 1. The Hall–Kier alpha value is -3.34. The molecule has 2 aromatic rings. The Balaban J connectivity index is 1.86. The van der Waals surface area contributed by atoms with Crippen LogP contribution in [0.15, 0.2) is 42.6 Å². The number of amides is 1.